The van der Waals surface area contributed by atoms with Crippen LogP contribution in [0.4, 0.5) is 0 Å². The fraction of sp³-hybridized carbons (Fsp3) is 0.444. The Hall–Kier alpha value is -1.85. The second-order valence-corrected chi connectivity index (χ2v) is 6.33. The third-order valence-corrected chi connectivity index (χ3v) is 4.80. The number of benzene rings is 1. The molecule has 1 atom stereocenters. The number of amides is 1. The van der Waals surface area contributed by atoms with Crippen LogP contribution in [-0.2, 0) is 12.8 Å². The zero-order valence-corrected chi connectivity index (χ0v) is 15.3. The van der Waals surface area contributed by atoms with Crippen molar-refractivity contribution in [2.24, 2.45) is 5.73 Å². The summed E-state index contributed by atoms with van der Waals surface area (Å²) in [5.74, 6) is -0.0339. The second-order valence-electron chi connectivity index (χ2n) is 6.33. The first-order chi connectivity index (χ1) is 11.0. The van der Waals surface area contributed by atoms with Crippen LogP contribution in [0.1, 0.15) is 40.7 Å². The molecule has 1 aliphatic rings. The third kappa shape index (κ3) is 3.06. The Morgan fingerprint density at radius 3 is 2.75 bits per heavy atom. The molecule has 0 spiro atoms. The average molecular weight is 349 g/mol. The molecule has 0 saturated heterocycles. The molecule has 1 amide bonds. The van der Waals surface area contributed by atoms with Gasteiger partial charge in [-0.15, -0.1) is 12.4 Å². The Kier molecular flexibility index (Phi) is 5.67. The molecule has 130 valence electrons. The lowest BCUT2D eigenvalue weighted by molar-refractivity contribution is 0.0741. The molecule has 1 aromatic carbocycles. The molecule has 24 heavy (non-hydrogen) atoms. The van der Waals surface area contributed by atoms with Crippen LogP contribution in [0.25, 0.3) is 5.69 Å². The maximum Gasteiger partial charge on any atom is 0.274 e. The molecule has 0 radical (unpaired) electrons. The molecule has 0 aliphatic heterocycles. The number of hydrogen-bond donors (Lipinski definition) is 1. The van der Waals surface area contributed by atoms with Crippen LogP contribution in [0.3, 0.4) is 0 Å². The topological polar surface area (TPSA) is 64.2 Å². The molecule has 1 aromatic heterocycles. The number of para-hydroxylation sites is 1. The number of rotatable bonds is 4. The molecule has 3 rings (SSSR count). The number of aryl methyl sites for hydroxylation is 1. The summed E-state index contributed by atoms with van der Waals surface area (Å²) < 4.78 is 1.96. The molecule has 0 bridgehead atoms. The lowest BCUT2D eigenvalue weighted by atomic mass is 10.1. The molecule has 0 saturated carbocycles. The molecule has 6 heteroatoms. The number of likely N-dealkylation sites (N-methyl/N-ethyl adjacent to an activating group) is 1. The van der Waals surface area contributed by atoms with E-state index in [0.717, 1.165) is 36.1 Å². The highest BCUT2D eigenvalue weighted by Crippen LogP contribution is 2.29. The molecule has 2 aromatic rings. The third-order valence-electron chi connectivity index (χ3n) is 4.80. The lowest BCUT2D eigenvalue weighted by Crippen LogP contribution is -2.40. The summed E-state index contributed by atoms with van der Waals surface area (Å²) in [6.07, 6.45) is 2.97. The first kappa shape index (κ1) is 18.5. The van der Waals surface area contributed by atoms with Gasteiger partial charge in [-0.2, -0.15) is 5.10 Å². The molecule has 1 unspecified atom stereocenters. The molecular formula is C18H25ClN4O. The van der Waals surface area contributed by atoms with Crippen LogP contribution in [0.15, 0.2) is 24.3 Å². The molecule has 5 nitrogen and oxygen atoms in total. The van der Waals surface area contributed by atoms with Gasteiger partial charge in [0.1, 0.15) is 0 Å². The first-order valence-electron chi connectivity index (χ1n) is 8.18. The van der Waals surface area contributed by atoms with E-state index in [1.54, 1.807) is 11.9 Å². The van der Waals surface area contributed by atoms with Crippen molar-refractivity contribution < 1.29 is 4.79 Å². The van der Waals surface area contributed by atoms with E-state index in [4.69, 9.17) is 5.73 Å². The normalized spacial score (nSPS) is 14.0. The van der Waals surface area contributed by atoms with E-state index >= 15 is 0 Å². The monoisotopic (exact) mass is 348 g/mol. The van der Waals surface area contributed by atoms with Crippen molar-refractivity contribution in [3.8, 4) is 5.69 Å². The van der Waals surface area contributed by atoms with Gasteiger partial charge in [0.05, 0.1) is 5.69 Å². The van der Waals surface area contributed by atoms with Crippen molar-refractivity contribution in [3.05, 3.63) is 46.8 Å². The zero-order chi connectivity index (χ0) is 16.6. The predicted octanol–water partition coefficient (Wildman–Crippen LogP) is 2.51. The number of carbonyl (C=O) groups is 1. The van der Waals surface area contributed by atoms with Gasteiger partial charge in [0.15, 0.2) is 5.69 Å². The lowest BCUT2D eigenvalue weighted by Gasteiger charge is -2.23. The standard InChI is InChI=1S/C18H24N4O.ClH/c1-12-7-4-5-9-15(12)22-16-10-6-8-14(16)17(20-22)18(23)21(3)13(2)11-19;/h4-5,7,9,13H,6,8,10-11,19H2,1-3H3;1H. The van der Waals surface area contributed by atoms with Gasteiger partial charge >= 0.3 is 0 Å². The van der Waals surface area contributed by atoms with Gasteiger partial charge in [0, 0.05) is 30.9 Å². The fourth-order valence-corrected chi connectivity index (χ4v) is 3.13. The summed E-state index contributed by atoms with van der Waals surface area (Å²) in [5.41, 5.74) is 10.8. The second kappa shape index (κ2) is 7.36. The quantitative estimate of drug-likeness (QED) is 0.923. The molecule has 2 N–H and O–H groups in total. The SMILES string of the molecule is Cc1ccccc1-n1nc(C(=O)N(C)C(C)CN)c2c1CCC2.Cl. The maximum atomic E-state index is 12.8. The van der Waals surface area contributed by atoms with Crippen molar-refractivity contribution in [2.75, 3.05) is 13.6 Å². The molecular weight excluding hydrogens is 324 g/mol. The van der Waals surface area contributed by atoms with Crippen molar-refractivity contribution in [2.45, 2.75) is 39.2 Å². The van der Waals surface area contributed by atoms with Crippen LogP contribution in [0.2, 0.25) is 0 Å². The number of halogens is 1. The summed E-state index contributed by atoms with van der Waals surface area (Å²) in [5, 5.41) is 4.69. The smallest absolute Gasteiger partial charge is 0.274 e. The highest BCUT2D eigenvalue weighted by Gasteiger charge is 2.29. The minimum absolute atomic E-state index is 0. The highest BCUT2D eigenvalue weighted by atomic mass is 35.5. The Bertz CT molecular complexity index is 741. The Labute approximate surface area is 149 Å². The zero-order valence-electron chi connectivity index (χ0n) is 14.5. The van der Waals surface area contributed by atoms with E-state index in [1.807, 2.05) is 23.7 Å². The largest absolute Gasteiger partial charge is 0.336 e. The fourth-order valence-electron chi connectivity index (χ4n) is 3.13. The summed E-state index contributed by atoms with van der Waals surface area (Å²) in [6.45, 7) is 4.47. The van der Waals surface area contributed by atoms with Gasteiger partial charge in [-0.25, -0.2) is 4.68 Å². The van der Waals surface area contributed by atoms with Crippen molar-refractivity contribution >= 4 is 18.3 Å². The summed E-state index contributed by atoms with van der Waals surface area (Å²) in [6, 6.07) is 8.16. The van der Waals surface area contributed by atoms with Crippen molar-refractivity contribution in [3.63, 3.8) is 0 Å². The minimum atomic E-state index is -0.0339. The Morgan fingerprint density at radius 2 is 2.08 bits per heavy atom. The van der Waals surface area contributed by atoms with Crippen LogP contribution in [-0.4, -0.2) is 40.2 Å². The van der Waals surface area contributed by atoms with E-state index in [1.165, 1.54) is 5.69 Å². The highest BCUT2D eigenvalue weighted by molar-refractivity contribution is 5.94. The van der Waals surface area contributed by atoms with Crippen molar-refractivity contribution in [1.29, 1.82) is 0 Å². The predicted molar refractivity (Wildman–Crippen MR) is 98.2 cm³/mol. The Morgan fingerprint density at radius 1 is 1.38 bits per heavy atom. The van der Waals surface area contributed by atoms with Crippen LogP contribution < -0.4 is 5.73 Å². The van der Waals surface area contributed by atoms with Gasteiger partial charge in [0.25, 0.3) is 5.91 Å². The maximum absolute atomic E-state index is 12.8. The number of fused-ring (bicyclic) bond motifs is 1. The van der Waals surface area contributed by atoms with Gasteiger partial charge in [-0.05, 0) is 44.7 Å². The number of nitrogens with two attached hydrogens (primary N) is 1. The summed E-state index contributed by atoms with van der Waals surface area (Å²) in [4.78, 5) is 14.5. The molecule has 0 fully saturated rings. The first-order valence-corrected chi connectivity index (χ1v) is 8.18. The van der Waals surface area contributed by atoms with Crippen LogP contribution >= 0.6 is 12.4 Å². The number of aromatic nitrogens is 2. The van der Waals surface area contributed by atoms with Gasteiger partial charge in [-0.3, -0.25) is 4.79 Å². The van der Waals surface area contributed by atoms with E-state index in [0.29, 0.717) is 12.2 Å². The van der Waals surface area contributed by atoms with Gasteiger partial charge < -0.3 is 10.6 Å². The number of carbonyl (C=O) groups excluding carboxylic acids is 1. The number of nitrogens with zero attached hydrogens (tertiary/aromatic N) is 3. The van der Waals surface area contributed by atoms with Crippen LogP contribution in [0.5, 0.6) is 0 Å². The van der Waals surface area contributed by atoms with E-state index in [9.17, 15) is 4.79 Å². The van der Waals surface area contributed by atoms with E-state index < -0.39 is 0 Å². The number of hydrogen-bond acceptors (Lipinski definition) is 3. The average Bonchev–Trinajstić information content (AvgIpc) is 3.16. The van der Waals surface area contributed by atoms with E-state index in [2.05, 4.69) is 24.2 Å². The van der Waals surface area contributed by atoms with Gasteiger partial charge in [0.2, 0.25) is 0 Å². The summed E-state index contributed by atoms with van der Waals surface area (Å²) in [7, 11) is 1.80. The summed E-state index contributed by atoms with van der Waals surface area (Å²) >= 11 is 0. The molecule has 1 aliphatic carbocycles. The van der Waals surface area contributed by atoms with Crippen LogP contribution in [0, 0.1) is 6.92 Å². The Balaban J connectivity index is 0.00000208. The van der Waals surface area contributed by atoms with E-state index in [-0.39, 0.29) is 24.4 Å². The van der Waals surface area contributed by atoms with Crippen molar-refractivity contribution in [1.82, 2.24) is 14.7 Å². The molecule has 1 heterocycles. The minimum Gasteiger partial charge on any atom is -0.336 e. The van der Waals surface area contributed by atoms with Gasteiger partial charge in [-0.1, -0.05) is 18.2 Å².